The van der Waals surface area contributed by atoms with E-state index in [1.54, 1.807) is 30.6 Å². The van der Waals surface area contributed by atoms with Crippen molar-refractivity contribution in [2.24, 2.45) is 0 Å². The maximum atomic E-state index is 12.2. The molecule has 4 heterocycles. The van der Waals surface area contributed by atoms with Crippen LogP contribution in [0, 0.1) is 18.3 Å². The molecular weight excluding hydrogens is 374 g/mol. The quantitative estimate of drug-likeness (QED) is 0.529. The van der Waals surface area contributed by atoms with Crippen LogP contribution in [0.25, 0.3) is 22.1 Å². The lowest BCUT2D eigenvalue weighted by atomic mass is 10.2. The van der Waals surface area contributed by atoms with Gasteiger partial charge in [-0.3, -0.25) is 9.78 Å². The molecule has 8 nitrogen and oxygen atoms in total. The summed E-state index contributed by atoms with van der Waals surface area (Å²) >= 11 is 1.25. The molecular formula is C19H13N7OS. The van der Waals surface area contributed by atoms with Gasteiger partial charge in [-0.25, -0.2) is 14.6 Å². The molecule has 0 aromatic carbocycles. The van der Waals surface area contributed by atoms with Gasteiger partial charge in [-0.2, -0.15) is 14.7 Å². The fourth-order valence-electron chi connectivity index (χ4n) is 2.48. The molecule has 4 aromatic heterocycles. The molecule has 0 aliphatic rings. The Morgan fingerprint density at radius 3 is 2.71 bits per heavy atom. The first-order chi connectivity index (χ1) is 13.6. The zero-order valence-corrected chi connectivity index (χ0v) is 15.6. The number of pyridine rings is 2. The second-order valence-electron chi connectivity index (χ2n) is 5.99. The van der Waals surface area contributed by atoms with E-state index in [9.17, 15) is 4.79 Å². The van der Waals surface area contributed by atoms with E-state index < -0.39 is 0 Å². The second-order valence-corrected chi connectivity index (χ2v) is 6.74. The van der Waals surface area contributed by atoms with Crippen molar-refractivity contribution in [3.05, 3.63) is 76.1 Å². The van der Waals surface area contributed by atoms with Crippen LogP contribution in [0.4, 0.5) is 0 Å². The first-order valence-electron chi connectivity index (χ1n) is 8.33. The molecule has 4 aromatic rings. The number of nitrogens with zero attached hydrogens (tertiary/aromatic N) is 7. The Bertz CT molecular complexity index is 1220. The van der Waals surface area contributed by atoms with Crippen LogP contribution in [0.3, 0.4) is 0 Å². The van der Waals surface area contributed by atoms with Gasteiger partial charge in [0.2, 0.25) is 0 Å². The number of hydrogen-bond acceptors (Lipinski definition) is 8. The molecule has 0 bridgehead atoms. The van der Waals surface area contributed by atoms with Gasteiger partial charge in [-0.05, 0) is 48.3 Å². The lowest BCUT2D eigenvalue weighted by Gasteiger charge is -2.05. The highest BCUT2D eigenvalue weighted by molar-refractivity contribution is 7.09. The van der Waals surface area contributed by atoms with Gasteiger partial charge in [0.1, 0.15) is 22.5 Å². The average Bonchev–Trinajstić information content (AvgIpc) is 3.21. The van der Waals surface area contributed by atoms with Crippen LogP contribution in [-0.4, -0.2) is 29.1 Å². The normalized spacial score (nSPS) is 10.6. The molecule has 0 saturated carbocycles. The Morgan fingerprint density at radius 2 is 2.00 bits per heavy atom. The van der Waals surface area contributed by atoms with Crippen LogP contribution < -0.4 is 5.56 Å². The van der Waals surface area contributed by atoms with Crippen LogP contribution in [0.5, 0.6) is 0 Å². The summed E-state index contributed by atoms with van der Waals surface area (Å²) in [5, 5.41) is 13.9. The molecule has 0 spiro atoms. The third-order valence-electron chi connectivity index (χ3n) is 3.95. The Hall–Kier alpha value is -3.77. The molecule has 0 unspecified atom stereocenters. The summed E-state index contributed by atoms with van der Waals surface area (Å²) in [7, 11) is 0. The van der Waals surface area contributed by atoms with Crippen molar-refractivity contribution in [2.75, 3.05) is 0 Å². The van der Waals surface area contributed by atoms with Gasteiger partial charge in [0.25, 0.3) is 5.56 Å². The minimum Gasteiger partial charge on any atom is -0.268 e. The minimum absolute atomic E-state index is 0.240. The van der Waals surface area contributed by atoms with Crippen molar-refractivity contribution < 1.29 is 0 Å². The van der Waals surface area contributed by atoms with E-state index in [4.69, 9.17) is 5.26 Å². The molecule has 0 amide bonds. The van der Waals surface area contributed by atoms with Crippen molar-refractivity contribution in [1.82, 2.24) is 29.1 Å². The Morgan fingerprint density at radius 1 is 1.11 bits per heavy atom. The molecule has 0 aliphatic heterocycles. The lowest BCUT2D eigenvalue weighted by Crippen LogP contribution is -2.23. The van der Waals surface area contributed by atoms with Gasteiger partial charge in [0, 0.05) is 29.7 Å². The van der Waals surface area contributed by atoms with Crippen molar-refractivity contribution in [1.29, 1.82) is 5.26 Å². The third kappa shape index (κ3) is 3.67. The van der Waals surface area contributed by atoms with Gasteiger partial charge >= 0.3 is 0 Å². The highest BCUT2D eigenvalue weighted by atomic mass is 32.1. The molecule has 0 atom stereocenters. The summed E-state index contributed by atoms with van der Waals surface area (Å²) in [6, 6.07) is 12.2. The maximum Gasteiger partial charge on any atom is 0.267 e. The van der Waals surface area contributed by atoms with Crippen LogP contribution >= 0.6 is 11.5 Å². The SMILES string of the molecule is Cc1ccc(-c2nc(-c3ccc(=O)n(Cc4ccc(C#N)nc4)n3)ns2)cn1. The largest absolute Gasteiger partial charge is 0.268 e. The summed E-state index contributed by atoms with van der Waals surface area (Å²) in [6.07, 6.45) is 3.31. The molecule has 9 heteroatoms. The summed E-state index contributed by atoms with van der Waals surface area (Å²) < 4.78 is 5.69. The fourth-order valence-corrected chi connectivity index (χ4v) is 3.14. The van der Waals surface area contributed by atoms with Gasteiger partial charge in [0.15, 0.2) is 5.82 Å². The zero-order valence-electron chi connectivity index (χ0n) is 14.8. The molecule has 0 radical (unpaired) electrons. The number of nitriles is 1. The van der Waals surface area contributed by atoms with E-state index in [0.29, 0.717) is 17.2 Å². The predicted molar refractivity (Wildman–Crippen MR) is 103 cm³/mol. The molecule has 0 aliphatic carbocycles. The monoisotopic (exact) mass is 387 g/mol. The van der Waals surface area contributed by atoms with Crippen LogP contribution in [0.1, 0.15) is 17.0 Å². The molecule has 0 N–H and O–H groups in total. The average molecular weight is 387 g/mol. The summed E-state index contributed by atoms with van der Waals surface area (Å²) in [4.78, 5) is 25.0. The van der Waals surface area contributed by atoms with Gasteiger partial charge in [0.05, 0.1) is 6.54 Å². The highest BCUT2D eigenvalue weighted by Crippen LogP contribution is 2.24. The van der Waals surface area contributed by atoms with Crippen LogP contribution in [0.15, 0.2) is 53.6 Å². The van der Waals surface area contributed by atoms with Crippen molar-refractivity contribution in [3.8, 4) is 28.2 Å². The van der Waals surface area contributed by atoms with Crippen molar-refractivity contribution in [2.45, 2.75) is 13.5 Å². The molecule has 28 heavy (non-hydrogen) atoms. The number of hydrogen-bond donors (Lipinski definition) is 0. The summed E-state index contributed by atoms with van der Waals surface area (Å²) in [5.41, 5.74) is 3.16. The third-order valence-corrected chi connectivity index (χ3v) is 4.72. The second kappa shape index (κ2) is 7.46. The lowest BCUT2D eigenvalue weighted by molar-refractivity contribution is 0.640. The van der Waals surface area contributed by atoms with E-state index in [2.05, 4.69) is 24.4 Å². The maximum absolute atomic E-state index is 12.2. The van der Waals surface area contributed by atoms with Crippen molar-refractivity contribution >= 4 is 11.5 Å². The Kier molecular flexibility index (Phi) is 4.70. The van der Waals surface area contributed by atoms with E-state index in [1.165, 1.54) is 22.3 Å². The van der Waals surface area contributed by atoms with Crippen molar-refractivity contribution in [3.63, 3.8) is 0 Å². The number of aromatic nitrogens is 6. The molecule has 4 rings (SSSR count). The fraction of sp³-hybridized carbons (Fsp3) is 0.105. The van der Waals surface area contributed by atoms with E-state index >= 15 is 0 Å². The summed E-state index contributed by atoms with van der Waals surface area (Å²) in [5.74, 6) is 0.451. The van der Waals surface area contributed by atoms with E-state index in [-0.39, 0.29) is 12.1 Å². The number of aryl methyl sites for hydroxylation is 1. The zero-order chi connectivity index (χ0) is 19.5. The highest BCUT2D eigenvalue weighted by Gasteiger charge is 2.12. The smallest absolute Gasteiger partial charge is 0.267 e. The van der Waals surface area contributed by atoms with Gasteiger partial charge < -0.3 is 0 Å². The van der Waals surface area contributed by atoms with E-state index in [1.807, 2.05) is 25.1 Å². The first-order valence-corrected chi connectivity index (χ1v) is 9.10. The minimum atomic E-state index is -0.244. The van der Waals surface area contributed by atoms with Gasteiger partial charge in [-0.1, -0.05) is 6.07 Å². The summed E-state index contributed by atoms with van der Waals surface area (Å²) in [6.45, 7) is 2.16. The first kappa shape index (κ1) is 17.6. The van der Waals surface area contributed by atoms with Gasteiger partial charge in [-0.15, -0.1) is 0 Å². The topological polar surface area (TPSA) is 110 Å². The Labute approximate surface area is 164 Å². The van der Waals surface area contributed by atoms with Crippen LogP contribution in [0.2, 0.25) is 0 Å². The standard InChI is InChI=1S/C19H13N7OS/c1-12-2-4-14(10-21-12)19-23-18(25-28-19)16-6-7-17(27)26(24-16)11-13-3-5-15(8-20)22-9-13/h2-7,9-10H,11H2,1H3. The molecule has 0 fully saturated rings. The number of rotatable bonds is 4. The van der Waals surface area contributed by atoms with Crippen LogP contribution in [-0.2, 0) is 6.54 Å². The Balaban J connectivity index is 1.62. The molecule has 136 valence electrons. The predicted octanol–water partition coefficient (Wildman–Crippen LogP) is 2.45. The van der Waals surface area contributed by atoms with E-state index in [0.717, 1.165) is 21.8 Å². The molecule has 0 saturated heterocycles.